The van der Waals surface area contributed by atoms with Gasteiger partial charge in [0.1, 0.15) is 0 Å². The molecule has 2 aromatic rings. The van der Waals surface area contributed by atoms with Crippen molar-refractivity contribution in [2.75, 3.05) is 11.4 Å². The molecule has 132 valence electrons. The van der Waals surface area contributed by atoms with Gasteiger partial charge >= 0.3 is 0 Å². The highest BCUT2D eigenvalue weighted by Crippen LogP contribution is 2.19. The summed E-state index contributed by atoms with van der Waals surface area (Å²) in [6.07, 6.45) is 0.250. The van der Waals surface area contributed by atoms with Crippen LogP contribution >= 0.6 is 11.6 Å². The molecule has 1 N–H and O–H groups in total. The molecule has 0 bridgehead atoms. The lowest BCUT2D eigenvalue weighted by Gasteiger charge is -2.22. The molecule has 25 heavy (non-hydrogen) atoms. The molecule has 0 saturated carbocycles. The number of halogens is 1. The molecule has 0 heterocycles. The molecule has 0 unspecified atom stereocenters. The summed E-state index contributed by atoms with van der Waals surface area (Å²) >= 11 is 5.84. The van der Waals surface area contributed by atoms with Gasteiger partial charge in [-0.25, -0.2) is 0 Å². The maximum atomic E-state index is 12.1. The van der Waals surface area contributed by atoms with Crippen LogP contribution in [0.2, 0.25) is 5.02 Å². The van der Waals surface area contributed by atoms with E-state index in [4.69, 9.17) is 11.6 Å². The van der Waals surface area contributed by atoms with Crippen molar-refractivity contribution < 1.29 is 9.59 Å². The highest BCUT2D eigenvalue weighted by atomic mass is 35.5. The largest absolute Gasteiger partial charge is 0.352 e. The van der Waals surface area contributed by atoms with Crippen molar-refractivity contribution in [3.05, 3.63) is 64.2 Å². The predicted molar refractivity (Wildman–Crippen MR) is 102 cm³/mol. The zero-order valence-corrected chi connectivity index (χ0v) is 15.6. The van der Waals surface area contributed by atoms with Crippen molar-refractivity contribution in [1.29, 1.82) is 0 Å². The van der Waals surface area contributed by atoms with E-state index in [-0.39, 0.29) is 18.2 Å². The van der Waals surface area contributed by atoms with Gasteiger partial charge in [0.05, 0.1) is 0 Å². The Bertz CT molecular complexity index is 757. The van der Waals surface area contributed by atoms with Gasteiger partial charge in [0.15, 0.2) is 0 Å². The topological polar surface area (TPSA) is 49.4 Å². The number of nitrogens with zero attached hydrogens (tertiary/aromatic N) is 1. The summed E-state index contributed by atoms with van der Waals surface area (Å²) in [6, 6.07) is 13.2. The number of hydrogen-bond donors (Lipinski definition) is 1. The van der Waals surface area contributed by atoms with Crippen molar-refractivity contribution in [2.45, 2.75) is 33.7 Å². The Morgan fingerprint density at radius 3 is 2.32 bits per heavy atom. The highest BCUT2D eigenvalue weighted by Gasteiger charge is 2.14. The van der Waals surface area contributed by atoms with Crippen molar-refractivity contribution in [1.82, 2.24) is 5.32 Å². The molecule has 0 atom stereocenters. The second-order valence-electron chi connectivity index (χ2n) is 6.09. The number of hydrogen-bond acceptors (Lipinski definition) is 2. The van der Waals surface area contributed by atoms with Gasteiger partial charge in [0, 0.05) is 37.1 Å². The first-order chi connectivity index (χ1) is 11.9. The zero-order valence-electron chi connectivity index (χ0n) is 14.8. The molecular weight excluding hydrogens is 336 g/mol. The van der Waals surface area contributed by atoms with E-state index in [9.17, 15) is 9.59 Å². The number of rotatable bonds is 6. The summed E-state index contributed by atoms with van der Waals surface area (Å²) in [5.74, 6) is -0.168. The lowest BCUT2D eigenvalue weighted by atomic mass is 10.1. The lowest BCUT2D eigenvalue weighted by molar-refractivity contribution is -0.121. The summed E-state index contributed by atoms with van der Waals surface area (Å²) in [6.45, 7) is 6.35. The molecule has 5 heteroatoms. The first-order valence-corrected chi connectivity index (χ1v) is 8.61. The van der Waals surface area contributed by atoms with Crippen LogP contribution in [0.15, 0.2) is 42.5 Å². The molecule has 0 radical (unpaired) electrons. The minimum Gasteiger partial charge on any atom is -0.352 e. The fraction of sp³-hybridized carbons (Fsp3) is 0.300. The minimum atomic E-state index is -0.0926. The highest BCUT2D eigenvalue weighted by molar-refractivity contribution is 6.30. The Morgan fingerprint density at radius 1 is 1.04 bits per heavy atom. The van der Waals surface area contributed by atoms with Gasteiger partial charge in [0.25, 0.3) is 0 Å². The second kappa shape index (κ2) is 8.67. The number of anilines is 1. The molecule has 0 aliphatic rings. The van der Waals surface area contributed by atoms with Crippen LogP contribution < -0.4 is 10.2 Å². The summed E-state index contributed by atoms with van der Waals surface area (Å²) < 4.78 is 0. The predicted octanol–water partition coefficient (Wildman–Crippen LogP) is 4.02. The minimum absolute atomic E-state index is 0.0752. The third-order valence-electron chi connectivity index (χ3n) is 4.15. The number of amides is 2. The summed E-state index contributed by atoms with van der Waals surface area (Å²) in [5, 5.41) is 3.53. The summed E-state index contributed by atoms with van der Waals surface area (Å²) in [4.78, 5) is 25.7. The number of aryl methyl sites for hydroxylation is 2. The Kier molecular flexibility index (Phi) is 6.59. The van der Waals surface area contributed by atoms with Gasteiger partial charge in [-0.1, -0.05) is 29.8 Å². The Hall–Kier alpha value is -2.33. The fourth-order valence-corrected chi connectivity index (χ4v) is 2.59. The number of nitrogens with one attached hydrogen (secondary N) is 1. The molecule has 0 aromatic heterocycles. The van der Waals surface area contributed by atoms with Crippen LogP contribution in [-0.4, -0.2) is 18.4 Å². The number of carbonyl (C=O) groups is 2. The molecule has 0 aliphatic heterocycles. The van der Waals surface area contributed by atoms with Gasteiger partial charge in [-0.3, -0.25) is 9.59 Å². The Balaban J connectivity index is 1.91. The SMILES string of the molecule is CC(=O)N(CCC(=O)NCc1ccc(Cl)cc1)c1ccc(C)c(C)c1. The monoisotopic (exact) mass is 358 g/mol. The van der Waals surface area contributed by atoms with Crippen LogP contribution in [0, 0.1) is 13.8 Å². The molecule has 0 spiro atoms. The standard InChI is InChI=1S/C20H23ClN2O2/c1-14-4-9-19(12-15(14)2)23(16(3)24)11-10-20(25)22-13-17-5-7-18(21)8-6-17/h4-9,12H,10-11,13H2,1-3H3,(H,22,25). The number of carbonyl (C=O) groups excluding carboxylic acids is 2. The van der Waals surface area contributed by atoms with Gasteiger partial charge in [-0.15, -0.1) is 0 Å². The van der Waals surface area contributed by atoms with Gasteiger partial charge < -0.3 is 10.2 Å². The van der Waals surface area contributed by atoms with E-state index < -0.39 is 0 Å². The van der Waals surface area contributed by atoms with E-state index in [0.29, 0.717) is 18.1 Å². The van der Waals surface area contributed by atoms with E-state index in [0.717, 1.165) is 16.8 Å². The second-order valence-corrected chi connectivity index (χ2v) is 6.53. The maximum absolute atomic E-state index is 12.1. The van der Waals surface area contributed by atoms with E-state index in [1.54, 1.807) is 17.0 Å². The third-order valence-corrected chi connectivity index (χ3v) is 4.40. The van der Waals surface area contributed by atoms with Crippen molar-refractivity contribution in [3.8, 4) is 0 Å². The van der Waals surface area contributed by atoms with Crippen LogP contribution in [0.25, 0.3) is 0 Å². The van der Waals surface area contributed by atoms with Gasteiger partial charge in [0.2, 0.25) is 11.8 Å². The molecule has 2 aromatic carbocycles. The lowest BCUT2D eigenvalue weighted by Crippen LogP contribution is -2.33. The molecule has 2 rings (SSSR count). The van der Waals surface area contributed by atoms with E-state index in [1.807, 2.05) is 44.2 Å². The Morgan fingerprint density at radius 2 is 1.72 bits per heavy atom. The van der Waals surface area contributed by atoms with Crippen LogP contribution in [0.4, 0.5) is 5.69 Å². The van der Waals surface area contributed by atoms with Crippen LogP contribution in [-0.2, 0) is 16.1 Å². The van der Waals surface area contributed by atoms with Crippen molar-refractivity contribution in [2.24, 2.45) is 0 Å². The first-order valence-electron chi connectivity index (χ1n) is 8.23. The van der Waals surface area contributed by atoms with E-state index in [1.165, 1.54) is 12.5 Å². The van der Waals surface area contributed by atoms with E-state index >= 15 is 0 Å². The van der Waals surface area contributed by atoms with Crippen LogP contribution in [0.1, 0.15) is 30.0 Å². The van der Waals surface area contributed by atoms with Gasteiger partial charge in [-0.05, 0) is 54.8 Å². The third kappa shape index (κ3) is 5.61. The molecule has 0 fully saturated rings. The molecule has 0 saturated heterocycles. The van der Waals surface area contributed by atoms with Gasteiger partial charge in [-0.2, -0.15) is 0 Å². The van der Waals surface area contributed by atoms with Crippen LogP contribution in [0.5, 0.6) is 0 Å². The summed E-state index contributed by atoms with van der Waals surface area (Å²) in [7, 11) is 0. The van der Waals surface area contributed by atoms with Crippen molar-refractivity contribution >= 4 is 29.1 Å². The normalized spacial score (nSPS) is 10.4. The molecule has 2 amide bonds. The van der Waals surface area contributed by atoms with Crippen LogP contribution in [0.3, 0.4) is 0 Å². The fourth-order valence-electron chi connectivity index (χ4n) is 2.47. The van der Waals surface area contributed by atoms with Crippen molar-refractivity contribution in [3.63, 3.8) is 0 Å². The average molecular weight is 359 g/mol. The molecule has 4 nitrogen and oxygen atoms in total. The number of benzene rings is 2. The first kappa shape index (κ1) is 19.0. The average Bonchev–Trinajstić information content (AvgIpc) is 2.57. The van der Waals surface area contributed by atoms with E-state index in [2.05, 4.69) is 5.32 Å². The Labute approximate surface area is 153 Å². The smallest absolute Gasteiger partial charge is 0.223 e. The molecule has 0 aliphatic carbocycles. The molecular formula is C20H23ClN2O2. The quantitative estimate of drug-likeness (QED) is 0.848. The maximum Gasteiger partial charge on any atom is 0.223 e. The summed E-state index contributed by atoms with van der Waals surface area (Å²) in [5.41, 5.74) is 4.10. The zero-order chi connectivity index (χ0) is 18.4.